The number of fused-ring (bicyclic) bond motifs is 1. The summed E-state index contributed by atoms with van der Waals surface area (Å²) in [5.41, 5.74) is 0.983. The molecule has 0 aliphatic carbocycles. The average molecular weight is 328 g/mol. The molecule has 1 unspecified atom stereocenters. The minimum Gasteiger partial charge on any atom is -0.351 e. The van der Waals surface area contributed by atoms with Crippen LogP contribution < -0.4 is 5.32 Å². The molecule has 0 saturated carbocycles. The van der Waals surface area contributed by atoms with E-state index in [0.29, 0.717) is 29.5 Å². The summed E-state index contributed by atoms with van der Waals surface area (Å²) in [4.78, 5) is 31.5. The van der Waals surface area contributed by atoms with E-state index in [1.54, 1.807) is 10.6 Å². The first kappa shape index (κ1) is 16.5. The number of amides is 2. The Morgan fingerprint density at radius 2 is 2.21 bits per heavy atom. The van der Waals surface area contributed by atoms with Crippen molar-refractivity contribution in [2.45, 2.75) is 33.1 Å². The van der Waals surface area contributed by atoms with Crippen molar-refractivity contribution in [1.82, 2.24) is 19.6 Å². The fourth-order valence-electron chi connectivity index (χ4n) is 3.19. The molecule has 1 saturated heterocycles. The molecule has 2 aromatic heterocycles. The smallest absolute Gasteiger partial charge is 0.290 e. The number of hydrogen-bond donors (Lipinski definition) is 1. The van der Waals surface area contributed by atoms with E-state index in [1.165, 1.54) is 0 Å². The molecule has 2 aromatic rings. The first-order valence-corrected chi connectivity index (χ1v) is 8.66. The van der Waals surface area contributed by atoms with Crippen molar-refractivity contribution in [2.75, 3.05) is 19.6 Å². The second-order valence-corrected chi connectivity index (χ2v) is 6.49. The average Bonchev–Trinajstić information content (AvgIpc) is 2.99. The number of aromatic nitrogens is 2. The van der Waals surface area contributed by atoms with Crippen LogP contribution in [0.4, 0.5) is 0 Å². The molecule has 3 heterocycles. The van der Waals surface area contributed by atoms with Crippen molar-refractivity contribution in [1.29, 1.82) is 0 Å². The highest BCUT2D eigenvalue weighted by atomic mass is 16.2. The molecule has 6 heteroatoms. The van der Waals surface area contributed by atoms with E-state index in [-0.39, 0.29) is 11.8 Å². The summed E-state index contributed by atoms with van der Waals surface area (Å²) in [6.45, 7) is 6.25. The lowest BCUT2D eigenvalue weighted by molar-refractivity contribution is 0.0670. The van der Waals surface area contributed by atoms with Crippen LogP contribution in [0.2, 0.25) is 0 Å². The molecule has 1 aliphatic rings. The molecule has 3 rings (SSSR count). The van der Waals surface area contributed by atoms with Gasteiger partial charge in [0.1, 0.15) is 0 Å². The normalized spacial score (nSPS) is 17.9. The molecule has 2 amide bonds. The number of nitrogens with zero attached hydrogens (tertiary/aromatic N) is 3. The number of piperidine rings is 1. The molecule has 0 spiro atoms. The minimum absolute atomic E-state index is 0.0997. The van der Waals surface area contributed by atoms with Crippen molar-refractivity contribution in [3.05, 3.63) is 35.9 Å². The predicted molar refractivity (Wildman–Crippen MR) is 92.1 cm³/mol. The van der Waals surface area contributed by atoms with Gasteiger partial charge < -0.3 is 10.2 Å². The topological polar surface area (TPSA) is 66.7 Å². The van der Waals surface area contributed by atoms with Gasteiger partial charge in [0.25, 0.3) is 11.8 Å². The summed E-state index contributed by atoms with van der Waals surface area (Å²) in [5.74, 6) is 0.492. The Morgan fingerprint density at radius 3 is 2.96 bits per heavy atom. The second kappa shape index (κ2) is 7.03. The van der Waals surface area contributed by atoms with E-state index in [4.69, 9.17) is 0 Å². The van der Waals surface area contributed by atoms with Crippen LogP contribution >= 0.6 is 0 Å². The van der Waals surface area contributed by atoms with Crippen molar-refractivity contribution in [3.8, 4) is 0 Å². The Labute approximate surface area is 141 Å². The van der Waals surface area contributed by atoms with Crippen LogP contribution in [-0.2, 0) is 0 Å². The first-order chi connectivity index (χ1) is 11.6. The number of hydrogen-bond acceptors (Lipinski definition) is 3. The van der Waals surface area contributed by atoms with Gasteiger partial charge in [-0.1, -0.05) is 19.9 Å². The quantitative estimate of drug-likeness (QED) is 0.937. The lowest BCUT2D eigenvalue weighted by Gasteiger charge is -2.30. The summed E-state index contributed by atoms with van der Waals surface area (Å²) in [5, 5.41) is 2.84. The van der Waals surface area contributed by atoms with Crippen LogP contribution in [0.5, 0.6) is 0 Å². The van der Waals surface area contributed by atoms with Crippen molar-refractivity contribution < 1.29 is 9.59 Å². The van der Waals surface area contributed by atoms with Gasteiger partial charge in [0.2, 0.25) is 5.82 Å². The summed E-state index contributed by atoms with van der Waals surface area (Å²) in [6.07, 6.45) is 4.81. The maximum absolute atomic E-state index is 12.9. The van der Waals surface area contributed by atoms with Crippen molar-refractivity contribution in [3.63, 3.8) is 0 Å². The zero-order chi connectivity index (χ0) is 17.1. The number of carbonyl (C=O) groups is 2. The highest BCUT2D eigenvalue weighted by Gasteiger charge is 2.27. The van der Waals surface area contributed by atoms with Crippen molar-refractivity contribution >= 4 is 17.3 Å². The second-order valence-electron chi connectivity index (χ2n) is 6.49. The number of imidazole rings is 1. The summed E-state index contributed by atoms with van der Waals surface area (Å²) in [7, 11) is 0. The Kier molecular flexibility index (Phi) is 4.83. The van der Waals surface area contributed by atoms with Crippen LogP contribution in [0.1, 0.15) is 54.2 Å². The van der Waals surface area contributed by atoms with E-state index in [9.17, 15) is 9.59 Å². The molecular weight excluding hydrogens is 304 g/mol. The summed E-state index contributed by atoms with van der Waals surface area (Å²) in [6, 6.07) is 5.52. The number of carbonyl (C=O) groups excluding carboxylic acids is 2. The molecule has 1 N–H and O–H groups in total. The van der Waals surface area contributed by atoms with Crippen LogP contribution in [0.15, 0.2) is 24.4 Å². The molecule has 0 bridgehead atoms. The third-order valence-corrected chi connectivity index (χ3v) is 4.43. The summed E-state index contributed by atoms with van der Waals surface area (Å²) < 4.78 is 1.72. The SMILES string of the molecule is CCCNC(=O)c1nc(C(=O)N2CCCC(C)C2)n2ccccc12. The highest BCUT2D eigenvalue weighted by molar-refractivity contribution is 6.02. The number of rotatable bonds is 4. The Balaban J connectivity index is 1.96. The molecule has 1 fully saturated rings. The standard InChI is InChI=1S/C18H24N4O2/c1-3-9-19-17(23)15-14-8-4-5-11-22(14)16(20-15)18(24)21-10-6-7-13(2)12-21/h4-5,8,11,13H,3,6-7,9-10,12H2,1-2H3,(H,19,23). The minimum atomic E-state index is -0.230. The molecule has 0 radical (unpaired) electrons. The van der Waals surface area contributed by atoms with E-state index >= 15 is 0 Å². The third-order valence-electron chi connectivity index (χ3n) is 4.43. The van der Waals surface area contributed by atoms with Gasteiger partial charge in [0, 0.05) is 25.8 Å². The first-order valence-electron chi connectivity index (χ1n) is 8.66. The van der Waals surface area contributed by atoms with Crippen LogP contribution in [-0.4, -0.2) is 45.7 Å². The van der Waals surface area contributed by atoms with Gasteiger partial charge in [0.15, 0.2) is 5.69 Å². The maximum atomic E-state index is 12.9. The molecule has 24 heavy (non-hydrogen) atoms. The maximum Gasteiger partial charge on any atom is 0.290 e. The van der Waals surface area contributed by atoms with Crippen LogP contribution in [0, 0.1) is 5.92 Å². The predicted octanol–water partition coefficient (Wildman–Crippen LogP) is 2.35. The molecule has 0 aromatic carbocycles. The van der Waals surface area contributed by atoms with Gasteiger partial charge in [-0.05, 0) is 37.3 Å². The molecule has 1 atom stereocenters. The van der Waals surface area contributed by atoms with E-state index in [0.717, 1.165) is 32.4 Å². The molecular formula is C18H24N4O2. The van der Waals surface area contributed by atoms with E-state index < -0.39 is 0 Å². The highest BCUT2D eigenvalue weighted by Crippen LogP contribution is 2.20. The summed E-state index contributed by atoms with van der Waals surface area (Å²) >= 11 is 0. The largest absolute Gasteiger partial charge is 0.351 e. The number of pyridine rings is 1. The molecule has 6 nitrogen and oxygen atoms in total. The molecule has 1 aliphatic heterocycles. The van der Waals surface area contributed by atoms with Gasteiger partial charge in [0.05, 0.1) is 5.52 Å². The zero-order valence-corrected chi connectivity index (χ0v) is 14.3. The zero-order valence-electron chi connectivity index (χ0n) is 14.3. The Hall–Kier alpha value is -2.37. The van der Waals surface area contributed by atoms with Gasteiger partial charge in [-0.3, -0.25) is 14.0 Å². The third kappa shape index (κ3) is 3.13. The lowest BCUT2D eigenvalue weighted by atomic mass is 10.0. The molecule has 128 valence electrons. The number of nitrogens with one attached hydrogen (secondary N) is 1. The van der Waals surface area contributed by atoms with Crippen molar-refractivity contribution in [2.24, 2.45) is 5.92 Å². The van der Waals surface area contributed by atoms with Gasteiger partial charge >= 0.3 is 0 Å². The fraction of sp³-hybridized carbons (Fsp3) is 0.500. The van der Waals surface area contributed by atoms with Crippen LogP contribution in [0.3, 0.4) is 0 Å². The van der Waals surface area contributed by atoms with Gasteiger partial charge in [-0.15, -0.1) is 0 Å². The number of likely N-dealkylation sites (tertiary alicyclic amines) is 1. The van der Waals surface area contributed by atoms with Gasteiger partial charge in [-0.25, -0.2) is 4.98 Å². The lowest BCUT2D eigenvalue weighted by Crippen LogP contribution is -2.40. The van der Waals surface area contributed by atoms with Gasteiger partial charge in [-0.2, -0.15) is 0 Å². The Morgan fingerprint density at radius 1 is 1.38 bits per heavy atom. The van der Waals surface area contributed by atoms with E-state index in [1.807, 2.05) is 30.0 Å². The fourth-order valence-corrected chi connectivity index (χ4v) is 3.19. The monoisotopic (exact) mass is 328 g/mol. The van der Waals surface area contributed by atoms with E-state index in [2.05, 4.69) is 17.2 Å². The van der Waals surface area contributed by atoms with Crippen LogP contribution in [0.25, 0.3) is 5.52 Å². The Bertz CT molecular complexity index is 753.